The van der Waals surface area contributed by atoms with Gasteiger partial charge in [0.15, 0.2) is 11.5 Å². The van der Waals surface area contributed by atoms with Gasteiger partial charge in [-0.25, -0.2) is 8.42 Å². The van der Waals surface area contributed by atoms with Gasteiger partial charge in [0.25, 0.3) is 10.4 Å². The maximum absolute atomic E-state index is 10.4. The van der Waals surface area contributed by atoms with Crippen LogP contribution in [0.1, 0.15) is 5.56 Å². The molecule has 0 N–H and O–H groups in total. The van der Waals surface area contributed by atoms with Gasteiger partial charge in [-0.2, -0.15) is 0 Å². The Morgan fingerprint density at radius 3 is 2.30 bits per heavy atom. The summed E-state index contributed by atoms with van der Waals surface area (Å²) < 4.78 is 40.3. The van der Waals surface area contributed by atoms with Gasteiger partial charge in [-0.15, -0.1) is 0 Å². The van der Waals surface area contributed by atoms with Gasteiger partial charge in [0.2, 0.25) is 0 Å². The summed E-state index contributed by atoms with van der Waals surface area (Å²) in [6, 6.07) is 3.83. The molecule has 1 rings (SSSR count). The molecular weight excluding hydrogens is 310 g/mol. The molecule has 0 radical (unpaired) electrons. The van der Waals surface area contributed by atoms with Crippen molar-refractivity contribution in [1.82, 2.24) is 0 Å². The zero-order valence-corrected chi connectivity index (χ0v) is 16.0. The molecule has 10 heteroatoms. The Kier molecular flexibility index (Phi) is 10.9. The van der Waals surface area contributed by atoms with Gasteiger partial charge >= 0.3 is 59.1 Å². The molecule has 20 heavy (non-hydrogen) atoms. The molecule has 0 heterocycles. The minimum atomic E-state index is -4.90. The maximum Gasteiger partial charge on any atom is 1.00 e. The van der Waals surface area contributed by atoms with Crippen LogP contribution >= 0.6 is 0 Å². The molecule has 0 aliphatic heterocycles. The van der Waals surface area contributed by atoms with Crippen LogP contribution in [0.25, 0.3) is 6.08 Å². The maximum atomic E-state index is 10.4. The standard InChI is InChI=1S/C10H10O7S.2Na/c1-16-9-6-7(3-5-10(11)12)2-4-8(9)17-18(13,14)15;;/h2-6H,1H3,(H,11,12)(H,13,14,15);;/q;2*+1/p-2/b5-3+;;. The van der Waals surface area contributed by atoms with E-state index in [-0.39, 0.29) is 70.6 Å². The van der Waals surface area contributed by atoms with Gasteiger partial charge in [0.1, 0.15) is 0 Å². The average molecular weight is 318 g/mol. The third-order valence-corrected chi connectivity index (χ3v) is 2.18. The summed E-state index contributed by atoms with van der Waals surface area (Å²) >= 11 is 0. The number of carbonyl (C=O) groups excluding carboxylic acids is 1. The molecule has 0 aromatic heterocycles. The molecule has 1 aromatic carbocycles. The zero-order chi connectivity index (χ0) is 13.8. The molecular formula is C10H8Na2O7S. The molecule has 98 valence electrons. The summed E-state index contributed by atoms with van der Waals surface area (Å²) in [5.41, 5.74) is 0.409. The number of hydrogen-bond acceptors (Lipinski definition) is 7. The first kappa shape index (κ1) is 22.2. The van der Waals surface area contributed by atoms with Crippen molar-refractivity contribution in [3.8, 4) is 11.5 Å². The molecule has 0 spiro atoms. The van der Waals surface area contributed by atoms with Gasteiger partial charge in [-0.05, 0) is 23.8 Å². The average Bonchev–Trinajstić information content (AvgIpc) is 2.25. The third-order valence-electron chi connectivity index (χ3n) is 1.79. The Morgan fingerprint density at radius 2 is 1.85 bits per heavy atom. The van der Waals surface area contributed by atoms with Crippen LogP contribution in [0.5, 0.6) is 11.5 Å². The Labute approximate surface area is 160 Å². The van der Waals surface area contributed by atoms with Crippen LogP contribution in [0.2, 0.25) is 0 Å². The second-order valence-electron chi connectivity index (χ2n) is 3.05. The number of benzene rings is 1. The van der Waals surface area contributed by atoms with E-state index in [9.17, 15) is 22.9 Å². The van der Waals surface area contributed by atoms with E-state index >= 15 is 0 Å². The van der Waals surface area contributed by atoms with E-state index in [2.05, 4.69) is 4.18 Å². The fourth-order valence-electron chi connectivity index (χ4n) is 1.13. The summed E-state index contributed by atoms with van der Waals surface area (Å²) in [6.45, 7) is 0. The second kappa shape index (κ2) is 9.80. The molecule has 0 amide bonds. The van der Waals surface area contributed by atoms with Gasteiger partial charge in [-0.1, -0.05) is 12.1 Å². The van der Waals surface area contributed by atoms with E-state index < -0.39 is 16.4 Å². The van der Waals surface area contributed by atoms with E-state index in [4.69, 9.17) is 4.74 Å². The molecule has 1 aromatic rings. The molecule has 0 aliphatic rings. The Bertz CT molecular complexity index is 583. The third kappa shape index (κ3) is 8.28. The van der Waals surface area contributed by atoms with Crippen molar-refractivity contribution in [1.29, 1.82) is 0 Å². The SMILES string of the molecule is COc1cc(/C=C/C(=O)[O-])ccc1OS(=O)(=O)[O-].[Na+].[Na+]. The minimum Gasteiger partial charge on any atom is -0.716 e. The van der Waals surface area contributed by atoms with E-state index in [1.54, 1.807) is 0 Å². The van der Waals surface area contributed by atoms with Gasteiger partial charge in [0, 0.05) is 0 Å². The van der Waals surface area contributed by atoms with Crippen LogP contribution in [0.4, 0.5) is 0 Å². The van der Waals surface area contributed by atoms with Crippen molar-refractivity contribution in [2.45, 2.75) is 0 Å². The normalized spacial score (nSPS) is 10.3. The molecule has 7 nitrogen and oxygen atoms in total. The summed E-state index contributed by atoms with van der Waals surface area (Å²) in [7, 11) is -3.66. The van der Waals surface area contributed by atoms with Crippen molar-refractivity contribution in [2.75, 3.05) is 7.11 Å². The number of carboxylic acid groups (broad SMARTS) is 1. The number of carbonyl (C=O) groups is 1. The predicted molar refractivity (Wildman–Crippen MR) is 57.4 cm³/mol. The smallest absolute Gasteiger partial charge is 0.716 e. The van der Waals surface area contributed by atoms with Crippen molar-refractivity contribution in [2.24, 2.45) is 0 Å². The van der Waals surface area contributed by atoms with Crippen LogP contribution in [0.15, 0.2) is 24.3 Å². The molecule has 0 saturated carbocycles. The predicted octanol–water partition coefficient (Wildman–Crippen LogP) is -6.69. The van der Waals surface area contributed by atoms with Crippen LogP contribution in [0.3, 0.4) is 0 Å². The van der Waals surface area contributed by atoms with E-state index in [1.807, 2.05) is 0 Å². The topological polar surface area (TPSA) is 116 Å². The first-order valence-corrected chi connectivity index (χ1v) is 5.87. The molecule has 0 saturated heterocycles. The number of carboxylic acids is 1. The summed E-state index contributed by atoms with van der Waals surface area (Å²) in [5.74, 6) is -1.68. The number of hydrogen-bond donors (Lipinski definition) is 0. The van der Waals surface area contributed by atoms with Crippen molar-refractivity contribution in [3.05, 3.63) is 29.8 Å². The van der Waals surface area contributed by atoms with Crippen LogP contribution in [0, 0.1) is 0 Å². The number of rotatable bonds is 5. The zero-order valence-electron chi connectivity index (χ0n) is 11.2. The van der Waals surface area contributed by atoms with E-state index in [0.717, 1.165) is 6.08 Å². The number of ether oxygens (including phenoxy) is 1. The monoisotopic (exact) mass is 318 g/mol. The molecule has 0 unspecified atom stereocenters. The first-order chi connectivity index (χ1) is 8.31. The fraction of sp³-hybridized carbons (Fsp3) is 0.100. The van der Waals surface area contributed by atoms with Gasteiger partial charge in [-0.3, -0.25) is 0 Å². The molecule has 0 atom stereocenters. The Morgan fingerprint density at radius 1 is 1.25 bits per heavy atom. The van der Waals surface area contributed by atoms with Crippen molar-refractivity contribution < 1.29 is 90.9 Å². The van der Waals surface area contributed by atoms with Crippen LogP contribution in [-0.2, 0) is 15.2 Å². The largest absolute Gasteiger partial charge is 1.00 e. The van der Waals surface area contributed by atoms with Gasteiger partial charge < -0.3 is 23.4 Å². The quantitative estimate of drug-likeness (QED) is 0.229. The number of aliphatic carboxylic acids is 1. The Hall–Kier alpha value is -0.0600. The van der Waals surface area contributed by atoms with Crippen molar-refractivity contribution >= 4 is 22.4 Å². The minimum absolute atomic E-state index is 0. The van der Waals surface area contributed by atoms with E-state index in [1.165, 1.54) is 31.4 Å². The Balaban J connectivity index is 0. The summed E-state index contributed by atoms with van der Waals surface area (Å²) in [4.78, 5) is 10.2. The summed E-state index contributed by atoms with van der Waals surface area (Å²) in [5, 5.41) is 10.2. The van der Waals surface area contributed by atoms with Crippen molar-refractivity contribution in [3.63, 3.8) is 0 Å². The van der Waals surface area contributed by atoms with Gasteiger partial charge in [0.05, 0.1) is 13.1 Å². The summed E-state index contributed by atoms with van der Waals surface area (Å²) in [6.07, 6.45) is 2.01. The van der Waals surface area contributed by atoms with E-state index in [0.29, 0.717) is 5.56 Å². The molecule has 0 aliphatic carbocycles. The fourth-order valence-corrected chi connectivity index (χ4v) is 1.49. The molecule has 0 bridgehead atoms. The van der Waals surface area contributed by atoms with Crippen LogP contribution < -0.4 is 73.1 Å². The van der Waals surface area contributed by atoms with Crippen LogP contribution in [-0.4, -0.2) is 26.0 Å². The molecule has 0 fully saturated rings. The number of methoxy groups -OCH3 is 1. The first-order valence-electron chi connectivity index (χ1n) is 4.54. The second-order valence-corrected chi connectivity index (χ2v) is 4.04.